The van der Waals surface area contributed by atoms with Crippen LogP contribution < -0.4 is 10.2 Å². The number of benzene rings is 2. The minimum atomic E-state index is -4.97. The fraction of sp³-hybridized carbons (Fsp3) is 0.440. The van der Waals surface area contributed by atoms with Gasteiger partial charge in [0, 0.05) is 19.2 Å². The average molecular weight is 592 g/mol. The number of carbonyl (C=O) groups is 2. The van der Waals surface area contributed by atoms with E-state index in [4.69, 9.17) is 4.74 Å². The van der Waals surface area contributed by atoms with Gasteiger partial charge in [-0.15, -0.1) is 0 Å². The van der Waals surface area contributed by atoms with Gasteiger partial charge in [-0.2, -0.15) is 13.2 Å². The van der Waals surface area contributed by atoms with E-state index in [2.05, 4.69) is 21.2 Å². The van der Waals surface area contributed by atoms with Crippen LogP contribution in [0.25, 0.3) is 0 Å². The summed E-state index contributed by atoms with van der Waals surface area (Å²) in [4.78, 5) is 28.9. The number of hydrogen-bond acceptors (Lipinski definition) is 4. The van der Waals surface area contributed by atoms with E-state index in [1.165, 1.54) is 6.07 Å². The lowest BCUT2D eigenvalue weighted by Crippen LogP contribution is -2.59. The lowest BCUT2D eigenvalue weighted by atomic mass is 10.0. The van der Waals surface area contributed by atoms with Crippen molar-refractivity contribution in [2.75, 3.05) is 23.3 Å². The van der Waals surface area contributed by atoms with Crippen molar-refractivity contribution in [2.24, 2.45) is 0 Å². The molecule has 0 bridgehead atoms. The minimum Gasteiger partial charge on any atom is -0.444 e. The molecule has 0 unspecified atom stereocenters. The first-order valence-electron chi connectivity index (χ1n) is 11.4. The van der Waals surface area contributed by atoms with Gasteiger partial charge in [-0.25, -0.2) is 13.6 Å². The molecule has 2 atom stereocenters. The molecule has 1 aliphatic rings. The lowest BCUT2D eigenvalue weighted by molar-refractivity contribution is -0.138. The number of amides is 2. The summed E-state index contributed by atoms with van der Waals surface area (Å²) >= 11 is 3.04. The van der Waals surface area contributed by atoms with E-state index in [9.17, 15) is 31.5 Å². The van der Waals surface area contributed by atoms with Crippen LogP contribution in [0, 0.1) is 11.6 Å². The van der Waals surface area contributed by atoms with Crippen LogP contribution in [-0.2, 0) is 10.9 Å². The van der Waals surface area contributed by atoms with E-state index in [-0.39, 0.29) is 47.1 Å². The Morgan fingerprint density at radius 3 is 2.16 bits per heavy atom. The Balaban J connectivity index is 1.93. The van der Waals surface area contributed by atoms with Crippen LogP contribution in [0.15, 0.2) is 34.8 Å². The highest BCUT2D eigenvalue weighted by Crippen LogP contribution is 2.36. The number of nitrogens with zero attached hydrogens (tertiary/aromatic N) is 2. The third kappa shape index (κ3) is 6.71. The maximum atomic E-state index is 14.6. The molecule has 202 valence electrons. The van der Waals surface area contributed by atoms with Gasteiger partial charge < -0.3 is 15.0 Å². The number of nitrogens with one attached hydrogen (secondary N) is 1. The van der Waals surface area contributed by atoms with Gasteiger partial charge in [-0.1, -0.05) is 0 Å². The van der Waals surface area contributed by atoms with Crippen molar-refractivity contribution >= 4 is 39.3 Å². The smallest absolute Gasteiger partial charge is 0.417 e. The Morgan fingerprint density at radius 2 is 1.62 bits per heavy atom. The third-order valence-corrected chi connectivity index (χ3v) is 6.29. The van der Waals surface area contributed by atoms with E-state index in [0.717, 1.165) is 18.2 Å². The predicted molar refractivity (Wildman–Crippen MR) is 133 cm³/mol. The fourth-order valence-corrected chi connectivity index (χ4v) is 4.57. The number of hydrogen-bond donors (Lipinski definition) is 1. The van der Waals surface area contributed by atoms with Crippen LogP contribution in [-0.4, -0.2) is 47.7 Å². The molecule has 1 aliphatic heterocycles. The molecule has 1 heterocycles. The van der Waals surface area contributed by atoms with Crippen molar-refractivity contribution in [3.05, 3.63) is 57.6 Å². The number of piperazine rings is 1. The highest BCUT2D eigenvalue weighted by atomic mass is 79.9. The molecule has 3 rings (SSSR count). The largest absolute Gasteiger partial charge is 0.444 e. The molecule has 37 heavy (non-hydrogen) atoms. The number of ether oxygens (including phenoxy) is 1. The maximum Gasteiger partial charge on any atom is 0.417 e. The van der Waals surface area contributed by atoms with Crippen LogP contribution in [0.2, 0.25) is 0 Å². The first kappa shape index (κ1) is 28.7. The van der Waals surface area contributed by atoms with Gasteiger partial charge in [-0.05, 0) is 74.8 Å². The summed E-state index contributed by atoms with van der Waals surface area (Å²) in [5.74, 6) is -2.93. The van der Waals surface area contributed by atoms with E-state index < -0.39 is 46.5 Å². The van der Waals surface area contributed by atoms with E-state index in [0.29, 0.717) is 0 Å². The maximum absolute atomic E-state index is 14.6. The zero-order valence-electron chi connectivity index (χ0n) is 20.8. The summed E-state index contributed by atoms with van der Waals surface area (Å²) in [5.41, 5.74) is -2.65. The van der Waals surface area contributed by atoms with Crippen molar-refractivity contribution in [1.29, 1.82) is 0 Å². The fourth-order valence-electron chi connectivity index (χ4n) is 4.23. The second kappa shape index (κ2) is 10.5. The number of alkyl halides is 3. The molecule has 1 fully saturated rings. The molecule has 0 saturated carbocycles. The van der Waals surface area contributed by atoms with Crippen LogP contribution in [0.1, 0.15) is 50.5 Å². The molecule has 1 saturated heterocycles. The molecule has 1 N–H and O–H groups in total. The van der Waals surface area contributed by atoms with E-state index in [1.807, 2.05) is 0 Å². The Bertz CT molecular complexity index is 1190. The van der Waals surface area contributed by atoms with Gasteiger partial charge in [0.1, 0.15) is 17.2 Å². The Morgan fingerprint density at radius 1 is 1.03 bits per heavy atom. The molecule has 2 amide bonds. The lowest BCUT2D eigenvalue weighted by Gasteiger charge is -2.45. The highest BCUT2D eigenvalue weighted by molar-refractivity contribution is 9.10. The zero-order valence-corrected chi connectivity index (χ0v) is 22.4. The Kier molecular flexibility index (Phi) is 8.11. The van der Waals surface area contributed by atoms with Gasteiger partial charge in [0.25, 0.3) is 5.91 Å². The second-order valence-corrected chi connectivity index (χ2v) is 10.8. The zero-order chi connectivity index (χ0) is 27.9. The van der Waals surface area contributed by atoms with E-state index in [1.54, 1.807) is 44.4 Å². The van der Waals surface area contributed by atoms with Crippen molar-refractivity contribution in [2.45, 2.75) is 58.5 Å². The molecule has 2 aromatic carbocycles. The average Bonchev–Trinajstić information content (AvgIpc) is 2.73. The topological polar surface area (TPSA) is 61.9 Å². The van der Waals surface area contributed by atoms with E-state index >= 15 is 0 Å². The molecule has 0 radical (unpaired) electrons. The summed E-state index contributed by atoms with van der Waals surface area (Å²) in [6.45, 7) is 9.29. The van der Waals surface area contributed by atoms with Crippen LogP contribution >= 0.6 is 15.9 Å². The molecular weight excluding hydrogens is 565 g/mol. The number of anilines is 2. The van der Waals surface area contributed by atoms with Gasteiger partial charge in [0.2, 0.25) is 0 Å². The molecule has 0 spiro atoms. The number of rotatable bonds is 3. The molecule has 0 aromatic heterocycles. The standard InChI is InChI=1S/C25H27BrF5N3O3/c1-13-11-33(12-14(2)34(13)23(36)37-24(3,4)5)21-10-19(28)18(26)9-20(21)32-22(35)16-7-6-15(27)8-17(16)25(29,30)31/h6-10,13-14H,11-12H2,1-5H3,(H,32,35)/t13-,14-/m1/s1. The SMILES string of the molecule is C[C@@H]1CN(c2cc(F)c(Br)cc2NC(=O)c2ccc(F)cc2C(F)(F)F)C[C@@H](C)N1C(=O)OC(C)(C)C. The van der Waals surface area contributed by atoms with Crippen molar-refractivity contribution in [1.82, 2.24) is 4.90 Å². The first-order chi connectivity index (χ1) is 17.0. The number of carbonyl (C=O) groups excluding carboxylic acids is 2. The second-order valence-electron chi connectivity index (χ2n) is 9.92. The van der Waals surface area contributed by atoms with Gasteiger partial charge in [-0.3, -0.25) is 9.69 Å². The first-order valence-corrected chi connectivity index (χ1v) is 12.2. The van der Waals surface area contributed by atoms with Crippen molar-refractivity contribution < 1.29 is 36.3 Å². The summed E-state index contributed by atoms with van der Waals surface area (Å²) in [6, 6.07) is 3.40. The summed E-state index contributed by atoms with van der Waals surface area (Å²) in [7, 11) is 0. The van der Waals surface area contributed by atoms with Gasteiger partial charge in [0.05, 0.1) is 39.1 Å². The predicted octanol–water partition coefficient (Wildman–Crippen LogP) is 6.83. The minimum absolute atomic E-state index is 0.0183. The summed E-state index contributed by atoms with van der Waals surface area (Å²) in [5, 5.41) is 2.41. The van der Waals surface area contributed by atoms with Crippen molar-refractivity contribution in [3.8, 4) is 0 Å². The monoisotopic (exact) mass is 591 g/mol. The Labute approximate surface area is 219 Å². The molecular formula is C25H27BrF5N3O3. The molecule has 12 heteroatoms. The summed E-state index contributed by atoms with van der Waals surface area (Å²) < 4.78 is 73.9. The van der Waals surface area contributed by atoms with Crippen LogP contribution in [0.5, 0.6) is 0 Å². The van der Waals surface area contributed by atoms with Crippen molar-refractivity contribution in [3.63, 3.8) is 0 Å². The van der Waals surface area contributed by atoms with Crippen LogP contribution in [0.4, 0.5) is 38.1 Å². The summed E-state index contributed by atoms with van der Waals surface area (Å²) in [6.07, 6.45) is -5.47. The van der Waals surface area contributed by atoms with Gasteiger partial charge in [0.15, 0.2) is 0 Å². The Hall–Kier alpha value is -2.89. The molecule has 2 aromatic rings. The van der Waals surface area contributed by atoms with Crippen LogP contribution in [0.3, 0.4) is 0 Å². The molecule has 0 aliphatic carbocycles. The third-order valence-electron chi connectivity index (χ3n) is 5.68. The quantitative estimate of drug-likeness (QED) is 0.397. The molecule has 6 nitrogen and oxygen atoms in total. The normalized spacial score (nSPS) is 18.6. The van der Waals surface area contributed by atoms with Gasteiger partial charge >= 0.3 is 12.3 Å². The number of halogens is 6. The highest BCUT2D eigenvalue weighted by Gasteiger charge is 2.38.